The summed E-state index contributed by atoms with van der Waals surface area (Å²) in [6.07, 6.45) is 9.69. The van der Waals surface area contributed by atoms with Gasteiger partial charge >= 0.3 is 0 Å². The van der Waals surface area contributed by atoms with E-state index in [-0.39, 0.29) is 106 Å². The molecule has 36 heteroatoms. The molecule has 0 aromatic heterocycles. The van der Waals surface area contributed by atoms with E-state index in [1.165, 1.54) is 75.6 Å². The van der Waals surface area contributed by atoms with Gasteiger partial charge in [-0.05, 0) is 200 Å². The van der Waals surface area contributed by atoms with Crippen molar-refractivity contribution in [3.8, 4) is 0 Å². The van der Waals surface area contributed by atoms with Crippen LogP contribution in [0.2, 0.25) is 0 Å². The number of anilines is 4. The fourth-order valence-corrected chi connectivity index (χ4v) is 20.6. The summed E-state index contributed by atoms with van der Waals surface area (Å²) in [7, 11) is -16.2. The second-order valence-corrected chi connectivity index (χ2v) is 35.3. The molecule has 0 unspecified atom stereocenters. The summed E-state index contributed by atoms with van der Waals surface area (Å²) in [5.74, 6) is -1.13. The van der Waals surface area contributed by atoms with E-state index in [9.17, 15) is 68.2 Å². The third-order valence-electron chi connectivity index (χ3n) is 17.0. The first-order valence-electron chi connectivity index (χ1n) is 31.5. The average Bonchev–Trinajstić information content (AvgIpc) is 1.46. The van der Waals surface area contributed by atoms with Crippen molar-refractivity contribution in [2.45, 2.75) is 195 Å². The summed E-state index contributed by atoms with van der Waals surface area (Å²) in [6.45, 7) is 10.6. The monoisotopic (exact) mass is 1720 g/mol. The van der Waals surface area contributed by atoms with Crippen LogP contribution in [0.25, 0.3) is 0 Å². The third kappa shape index (κ3) is 21.0. The fraction of sp³-hybridized carbons (Fsp3) is 0.500. The highest BCUT2D eigenvalue weighted by Crippen LogP contribution is 2.41. The van der Waals surface area contributed by atoms with Gasteiger partial charge in [-0.2, -0.15) is 33.7 Å². The van der Waals surface area contributed by atoms with E-state index < -0.39 is 56.9 Å². The lowest BCUT2D eigenvalue weighted by molar-refractivity contribution is -0.117. The topological polar surface area (TPSA) is 452 Å². The number of rotatable bonds is 16. The Morgan fingerprint density at radius 3 is 0.930 bits per heavy atom. The molecule has 0 spiro atoms. The fourth-order valence-electron chi connectivity index (χ4n) is 12.4. The zero-order valence-electron chi connectivity index (χ0n) is 55.4. The number of carbonyl (C=O) groups excluding carboxylic acids is 4. The van der Waals surface area contributed by atoms with Crippen LogP contribution in [0.15, 0.2) is 104 Å². The molecule has 2 fully saturated rings. The number of benzene rings is 4. The number of aliphatic hydroxyl groups excluding tert-OH is 1. The van der Waals surface area contributed by atoms with Gasteiger partial charge < -0.3 is 63.0 Å². The maximum Gasteiger partial charge on any atom is 0.285 e. The Kier molecular flexibility index (Phi) is 27.7. The Morgan fingerprint density at radius 2 is 0.690 bits per heavy atom. The number of fused-ring (bicyclic) bond motifs is 4. The van der Waals surface area contributed by atoms with Gasteiger partial charge in [0, 0.05) is 120 Å². The summed E-state index contributed by atoms with van der Waals surface area (Å²) >= 11 is 13.1. The summed E-state index contributed by atoms with van der Waals surface area (Å²) < 4.78 is 117. The number of halogens is 4. The number of hydrogen-bond acceptors (Lipinski definition) is 16. The zero-order chi connectivity index (χ0) is 73.7. The second-order valence-electron chi connectivity index (χ2n) is 25.6. The second kappa shape index (κ2) is 33.3. The van der Waals surface area contributed by atoms with Crippen molar-refractivity contribution in [3.63, 3.8) is 0 Å². The van der Waals surface area contributed by atoms with Crippen molar-refractivity contribution in [1.82, 2.24) is 0 Å². The van der Waals surface area contributed by atoms with Crippen molar-refractivity contribution in [2.75, 3.05) is 52.4 Å². The van der Waals surface area contributed by atoms with Crippen molar-refractivity contribution in [1.29, 1.82) is 0 Å². The molecule has 4 aliphatic heterocycles. The molecule has 0 bridgehead atoms. The molecule has 6 aliphatic rings. The largest absolute Gasteiger partial charge is 0.396 e. The maximum atomic E-state index is 12.8. The van der Waals surface area contributed by atoms with E-state index in [0.717, 1.165) is 54.4 Å². The molecule has 2 aliphatic carbocycles. The number of sulfonamides is 4. The van der Waals surface area contributed by atoms with E-state index in [1.54, 1.807) is 34.1 Å². The van der Waals surface area contributed by atoms with Gasteiger partial charge in [-0.15, -0.1) is 17.6 Å². The standard InChI is InChI=1S/C18H24BrN3O4S.C17H22BrN3O4S.C15H20BrN3O4S.C13H16BrN3O4S.CH4/c1-12(23)22-8-5-13-9-14(19)16(10-15(13)22)27(25,26)21-17(20)11-18(24)6-3-2-4-7-18;1-11(22)21-7-4-12-8-13(18)15(9-14(12)21)26(24,25)20-16(19)10-17(23)5-2-3-6-17;1-9(20)19-5-4-10-6-11(16)13(7-12(10)19)24(22,23)18-14(17)8-15(2,3)21;1-8(19)17-4-2-9-6-10(14)12(7-11(9)17)22(20,21)16-13(15)3-5-18;/h9-10,24H,2-8,11H2,1H3,(H2,20,21);8-9,23H,2-7,10H2,1H3,(H2,19,20);6-7,21H,4-5,8H2,1-3H3,(H2,17,18);6-7,18H,2-5H2,1H3,(H2,15,16);1H4. The molecule has 0 saturated heterocycles. The Balaban J connectivity index is 0.000000210. The lowest BCUT2D eigenvalue weighted by Crippen LogP contribution is -2.36. The minimum atomic E-state index is -4.07. The van der Waals surface area contributed by atoms with Crippen LogP contribution in [0.1, 0.15) is 155 Å². The number of aliphatic hydroxyl groups is 4. The van der Waals surface area contributed by atoms with Gasteiger partial charge in [-0.1, -0.05) is 39.5 Å². The van der Waals surface area contributed by atoms with Gasteiger partial charge in [0.25, 0.3) is 40.1 Å². The summed E-state index contributed by atoms with van der Waals surface area (Å²) in [5, 5.41) is 39.5. The zero-order valence-corrected chi connectivity index (χ0v) is 65.0. The first-order chi connectivity index (χ1) is 45.9. The molecule has 2 saturated carbocycles. The van der Waals surface area contributed by atoms with Gasteiger partial charge in [-0.3, -0.25) is 19.2 Å². The van der Waals surface area contributed by atoms with E-state index in [1.807, 2.05) is 0 Å². The SMILES string of the molecule is C.CC(=O)N1CCc2cc(Br)c(S(=O)(=O)N=C(N)CC(C)(C)O)cc21.CC(=O)N1CCc2cc(Br)c(S(=O)(=O)N=C(N)CC3(O)CCCC3)cc21.CC(=O)N1CCc2cc(Br)c(S(=O)(=O)N=C(N)CC3(O)CCCCC3)cc21.CC(=O)N1CCc2cc(Br)c(S(=O)(=O)N=C(N)CCO)cc21. The van der Waals surface area contributed by atoms with Gasteiger partial charge in [0.2, 0.25) is 23.6 Å². The molecule has 4 aromatic carbocycles. The van der Waals surface area contributed by atoms with Crippen molar-refractivity contribution >= 4 is 174 Å². The van der Waals surface area contributed by atoms with Crippen molar-refractivity contribution < 1.29 is 73.3 Å². The summed E-state index contributed by atoms with van der Waals surface area (Å²) in [4.78, 5) is 52.8. The number of amidine groups is 4. The van der Waals surface area contributed by atoms with Crippen LogP contribution in [0, 0.1) is 0 Å². The minimum absolute atomic E-state index is 0. The summed E-state index contributed by atoms with van der Waals surface area (Å²) in [6, 6.07) is 12.6. The number of nitrogens with zero attached hydrogens (tertiary/aromatic N) is 8. The third-order valence-corrected chi connectivity index (χ3v) is 26.2. The number of carbonyl (C=O) groups is 4. The first kappa shape index (κ1) is 83.1. The van der Waals surface area contributed by atoms with E-state index in [2.05, 4.69) is 81.3 Å². The van der Waals surface area contributed by atoms with E-state index >= 15 is 0 Å². The van der Waals surface area contributed by atoms with Gasteiger partial charge in [0.15, 0.2) is 0 Å². The Morgan fingerprint density at radius 1 is 0.450 bits per heavy atom. The minimum Gasteiger partial charge on any atom is -0.396 e. The van der Waals surface area contributed by atoms with E-state index in [4.69, 9.17) is 28.0 Å². The molecule has 4 heterocycles. The highest BCUT2D eigenvalue weighted by Gasteiger charge is 2.36. The predicted molar refractivity (Wildman–Crippen MR) is 399 cm³/mol. The van der Waals surface area contributed by atoms with Crippen molar-refractivity contribution in [3.05, 3.63) is 88.7 Å². The molecule has 4 amide bonds. The van der Waals surface area contributed by atoms with E-state index in [0.29, 0.717) is 118 Å². The lowest BCUT2D eigenvalue weighted by Gasteiger charge is -2.31. The number of hydrogen-bond donors (Lipinski definition) is 8. The van der Waals surface area contributed by atoms with Gasteiger partial charge in [0.05, 0.1) is 23.4 Å². The molecule has 0 radical (unpaired) electrons. The molecule has 10 rings (SSSR count). The van der Waals surface area contributed by atoms with Crippen LogP contribution < -0.4 is 42.5 Å². The quantitative estimate of drug-likeness (QED) is 0.0396. The molecular weight excluding hydrogens is 1640 g/mol. The van der Waals surface area contributed by atoms with Crippen LogP contribution >= 0.6 is 63.7 Å². The molecule has 12 N–H and O–H groups in total. The molecule has 0 atom stereocenters. The number of nitrogens with two attached hydrogens (primary N) is 4. The number of amides is 4. The van der Waals surface area contributed by atoms with Crippen LogP contribution in [-0.4, -0.2) is 151 Å². The molecule has 100 heavy (non-hydrogen) atoms. The highest BCUT2D eigenvalue weighted by molar-refractivity contribution is 9.11. The molecule has 4 aromatic rings. The predicted octanol–water partition coefficient (Wildman–Crippen LogP) is 7.58. The maximum absolute atomic E-state index is 12.8. The molecular formula is C64H86Br4N12O16S4. The van der Waals surface area contributed by atoms with Gasteiger partial charge in [-0.25, -0.2) is 0 Å². The molecule has 550 valence electrons. The first-order valence-corrected chi connectivity index (χ1v) is 40.4. The van der Waals surface area contributed by atoms with Crippen LogP contribution in [0.3, 0.4) is 0 Å². The Hall–Kier alpha value is -5.80. The van der Waals surface area contributed by atoms with Gasteiger partial charge in [0.1, 0.15) is 42.9 Å². The van der Waals surface area contributed by atoms with Crippen LogP contribution in [-0.2, 0) is 85.0 Å². The molecule has 28 nitrogen and oxygen atoms in total. The van der Waals surface area contributed by atoms with Crippen molar-refractivity contribution in [2.24, 2.45) is 40.5 Å². The van der Waals surface area contributed by atoms with Crippen LogP contribution in [0.4, 0.5) is 22.7 Å². The Bertz CT molecular complexity index is 4440. The lowest BCUT2D eigenvalue weighted by atomic mass is 9.82. The smallest absolute Gasteiger partial charge is 0.285 e. The van der Waals surface area contributed by atoms with Crippen LogP contribution in [0.5, 0.6) is 0 Å². The average molecular weight is 1730 g/mol. The highest BCUT2D eigenvalue weighted by atomic mass is 79.9. The Labute approximate surface area is 618 Å². The normalized spacial score (nSPS) is 17.5. The summed E-state index contributed by atoms with van der Waals surface area (Å²) in [5.41, 5.74) is 25.6.